The summed E-state index contributed by atoms with van der Waals surface area (Å²) in [6.07, 6.45) is 2.25. The minimum atomic E-state index is -0.171. The van der Waals surface area contributed by atoms with Gasteiger partial charge in [-0.1, -0.05) is 0 Å². The van der Waals surface area contributed by atoms with Crippen LogP contribution in [0.3, 0.4) is 0 Å². The lowest BCUT2D eigenvalue weighted by molar-refractivity contribution is -0.123. The molecule has 138 valence electrons. The minimum Gasteiger partial charge on any atom is -0.484 e. The fourth-order valence-corrected chi connectivity index (χ4v) is 2.49. The lowest BCUT2D eigenvalue weighted by Crippen LogP contribution is -2.30. The van der Waals surface area contributed by atoms with Crippen LogP contribution >= 0.6 is 0 Å². The molecular formula is C18H26N2O5. The van der Waals surface area contributed by atoms with E-state index in [1.54, 1.807) is 24.1 Å². The van der Waals surface area contributed by atoms with Crippen LogP contribution in [-0.2, 0) is 19.1 Å². The number of rotatable bonds is 11. The summed E-state index contributed by atoms with van der Waals surface area (Å²) < 4.78 is 15.6. The maximum absolute atomic E-state index is 11.7. The summed E-state index contributed by atoms with van der Waals surface area (Å²) in [4.78, 5) is 25.2. The molecule has 0 aromatic heterocycles. The van der Waals surface area contributed by atoms with E-state index in [0.29, 0.717) is 38.5 Å². The number of ether oxygens (including phenoxy) is 3. The molecule has 7 nitrogen and oxygen atoms in total. The summed E-state index contributed by atoms with van der Waals surface area (Å²) in [6, 6.07) is 7.23. The van der Waals surface area contributed by atoms with Crippen LogP contribution in [0, 0.1) is 0 Å². The van der Waals surface area contributed by atoms with Crippen molar-refractivity contribution >= 4 is 17.5 Å². The van der Waals surface area contributed by atoms with Crippen molar-refractivity contribution in [3.05, 3.63) is 24.3 Å². The lowest BCUT2D eigenvalue weighted by Gasteiger charge is -2.16. The molecule has 1 aromatic rings. The zero-order valence-electron chi connectivity index (χ0n) is 14.7. The monoisotopic (exact) mass is 350 g/mol. The average Bonchev–Trinajstić information content (AvgIpc) is 3.05. The quantitative estimate of drug-likeness (QED) is 0.610. The van der Waals surface area contributed by atoms with E-state index >= 15 is 0 Å². The molecule has 0 saturated carbocycles. The first-order chi connectivity index (χ1) is 12.2. The molecule has 7 heteroatoms. The van der Waals surface area contributed by atoms with E-state index in [0.717, 1.165) is 25.1 Å². The topological polar surface area (TPSA) is 77.1 Å². The number of benzene rings is 1. The van der Waals surface area contributed by atoms with E-state index < -0.39 is 0 Å². The average molecular weight is 350 g/mol. The molecule has 1 aliphatic rings. The zero-order valence-corrected chi connectivity index (χ0v) is 14.7. The SMILES string of the molecule is COCCOCCCNC(=O)COc1ccc(N2CCCC2=O)cc1. The van der Waals surface area contributed by atoms with Crippen LogP contribution in [-0.4, -0.2) is 58.4 Å². The molecule has 1 saturated heterocycles. The van der Waals surface area contributed by atoms with Crippen LogP contribution < -0.4 is 15.0 Å². The van der Waals surface area contributed by atoms with Crippen molar-refractivity contribution in [2.75, 3.05) is 51.5 Å². The molecule has 25 heavy (non-hydrogen) atoms. The third-order valence-electron chi connectivity index (χ3n) is 3.81. The van der Waals surface area contributed by atoms with Gasteiger partial charge in [-0.25, -0.2) is 0 Å². The zero-order chi connectivity index (χ0) is 17.9. The van der Waals surface area contributed by atoms with Crippen molar-refractivity contribution in [3.63, 3.8) is 0 Å². The number of nitrogens with one attached hydrogen (secondary N) is 1. The van der Waals surface area contributed by atoms with E-state index in [1.165, 1.54) is 0 Å². The van der Waals surface area contributed by atoms with Gasteiger partial charge < -0.3 is 24.4 Å². The molecular weight excluding hydrogens is 324 g/mol. The Labute approximate surface area is 148 Å². The van der Waals surface area contributed by atoms with Gasteiger partial charge in [-0.05, 0) is 37.1 Å². The van der Waals surface area contributed by atoms with Crippen LogP contribution in [0.2, 0.25) is 0 Å². The Morgan fingerprint density at radius 2 is 2.00 bits per heavy atom. The highest BCUT2D eigenvalue weighted by molar-refractivity contribution is 5.95. The molecule has 1 heterocycles. The Balaban J connectivity index is 1.60. The van der Waals surface area contributed by atoms with Crippen LogP contribution in [0.5, 0.6) is 5.75 Å². The number of methoxy groups -OCH3 is 1. The molecule has 0 spiro atoms. The Morgan fingerprint density at radius 3 is 2.68 bits per heavy atom. The van der Waals surface area contributed by atoms with Gasteiger partial charge in [0.25, 0.3) is 5.91 Å². The van der Waals surface area contributed by atoms with Crippen LogP contribution in [0.25, 0.3) is 0 Å². The van der Waals surface area contributed by atoms with E-state index in [4.69, 9.17) is 14.2 Å². The number of hydrogen-bond donors (Lipinski definition) is 1. The maximum Gasteiger partial charge on any atom is 0.257 e. The van der Waals surface area contributed by atoms with Gasteiger partial charge >= 0.3 is 0 Å². The smallest absolute Gasteiger partial charge is 0.257 e. The Hall–Kier alpha value is -2.12. The molecule has 0 atom stereocenters. The second-order valence-corrected chi connectivity index (χ2v) is 5.74. The predicted molar refractivity (Wildman–Crippen MR) is 93.8 cm³/mol. The summed E-state index contributed by atoms with van der Waals surface area (Å²) >= 11 is 0. The van der Waals surface area contributed by atoms with E-state index in [-0.39, 0.29) is 18.4 Å². The van der Waals surface area contributed by atoms with E-state index in [2.05, 4.69) is 5.32 Å². The summed E-state index contributed by atoms with van der Waals surface area (Å²) in [7, 11) is 1.63. The largest absolute Gasteiger partial charge is 0.484 e. The molecule has 0 unspecified atom stereocenters. The van der Waals surface area contributed by atoms with Crippen LogP contribution in [0.4, 0.5) is 5.69 Å². The number of nitrogens with zero attached hydrogens (tertiary/aromatic N) is 1. The Bertz CT molecular complexity index is 547. The number of carbonyl (C=O) groups excluding carboxylic acids is 2. The number of hydrogen-bond acceptors (Lipinski definition) is 5. The summed E-state index contributed by atoms with van der Waals surface area (Å²) in [5.74, 6) is 0.586. The van der Waals surface area contributed by atoms with Crippen molar-refractivity contribution in [3.8, 4) is 5.75 Å². The van der Waals surface area contributed by atoms with E-state index in [9.17, 15) is 9.59 Å². The molecule has 2 rings (SSSR count). The maximum atomic E-state index is 11.7. The first-order valence-corrected chi connectivity index (χ1v) is 8.57. The third-order valence-corrected chi connectivity index (χ3v) is 3.81. The van der Waals surface area contributed by atoms with Crippen molar-refractivity contribution in [1.29, 1.82) is 0 Å². The fraction of sp³-hybridized carbons (Fsp3) is 0.556. The normalized spacial score (nSPS) is 14.0. The predicted octanol–water partition coefficient (Wildman–Crippen LogP) is 1.36. The standard InChI is InChI=1S/C18H26N2O5/c1-23-12-13-24-11-3-9-19-17(21)14-25-16-7-5-15(6-8-16)20-10-2-4-18(20)22/h5-8H,2-4,9-14H2,1H3,(H,19,21). The molecule has 1 fully saturated rings. The van der Waals surface area contributed by atoms with Crippen molar-refractivity contribution in [2.24, 2.45) is 0 Å². The number of carbonyl (C=O) groups is 2. The van der Waals surface area contributed by atoms with Gasteiger partial charge in [-0.15, -0.1) is 0 Å². The number of amides is 2. The molecule has 0 bridgehead atoms. The minimum absolute atomic E-state index is 0.0352. The summed E-state index contributed by atoms with van der Waals surface area (Å²) in [5, 5.41) is 2.78. The molecule has 0 radical (unpaired) electrons. The second kappa shape index (κ2) is 10.7. The number of anilines is 1. The highest BCUT2D eigenvalue weighted by Crippen LogP contribution is 2.23. The van der Waals surface area contributed by atoms with Gasteiger partial charge in [0.15, 0.2) is 6.61 Å². The van der Waals surface area contributed by atoms with Gasteiger partial charge in [0.05, 0.1) is 13.2 Å². The van der Waals surface area contributed by atoms with E-state index in [1.807, 2.05) is 12.1 Å². The Kier molecular flexibility index (Phi) is 8.21. The first kappa shape index (κ1) is 19.2. The van der Waals surface area contributed by atoms with Crippen molar-refractivity contribution < 1.29 is 23.8 Å². The molecule has 0 aliphatic carbocycles. The highest BCUT2D eigenvalue weighted by Gasteiger charge is 2.21. The van der Waals surface area contributed by atoms with Gasteiger partial charge in [-0.2, -0.15) is 0 Å². The van der Waals surface area contributed by atoms with Crippen molar-refractivity contribution in [1.82, 2.24) is 5.32 Å². The molecule has 1 aromatic carbocycles. The van der Waals surface area contributed by atoms with Gasteiger partial charge in [0.2, 0.25) is 5.91 Å². The van der Waals surface area contributed by atoms with Gasteiger partial charge in [-0.3, -0.25) is 9.59 Å². The second-order valence-electron chi connectivity index (χ2n) is 5.74. The third kappa shape index (κ3) is 6.72. The highest BCUT2D eigenvalue weighted by atomic mass is 16.5. The first-order valence-electron chi connectivity index (χ1n) is 8.57. The molecule has 2 amide bonds. The fourth-order valence-electron chi connectivity index (χ4n) is 2.49. The Morgan fingerprint density at radius 1 is 1.20 bits per heavy atom. The summed E-state index contributed by atoms with van der Waals surface area (Å²) in [6.45, 7) is 2.99. The molecule has 1 aliphatic heterocycles. The lowest BCUT2D eigenvalue weighted by atomic mass is 10.3. The van der Waals surface area contributed by atoms with Gasteiger partial charge in [0, 0.05) is 38.9 Å². The van der Waals surface area contributed by atoms with Crippen molar-refractivity contribution in [2.45, 2.75) is 19.3 Å². The molecule has 1 N–H and O–H groups in total. The van der Waals surface area contributed by atoms with Crippen LogP contribution in [0.1, 0.15) is 19.3 Å². The van der Waals surface area contributed by atoms with Gasteiger partial charge in [0.1, 0.15) is 5.75 Å². The summed E-state index contributed by atoms with van der Waals surface area (Å²) in [5.41, 5.74) is 0.868. The van der Waals surface area contributed by atoms with Crippen LogP contribution in [0.15, 0.2) is 24.3 Å².